The molecule has 1 amide bonds. The van der Waals surface area contributed by atoms with Crippen molar-refractivity contribution >= 4 is 28.1 Å². The van der Waals surface area contributed by atoms with Crippen molar-refractivity contribution in [2.75, 3.05) is 6.54 Å². The van der Waals surface area contributed by atoms with Crippen LogP contribution in [0.2, 0.25) is 0 Å². The van der Waals surface area contributed by atoms with Gasteiger partial charge in [0, 0.05) is 36.0 Å². The molecular weight excluding hydrogens is 352 g/mol. The number of benzene rings is 2. The van der Waals surface area contributed by atoms with E-state index < -0.39 is 0 Å². The molecule has 4 aromatic rings. The predicted molar refractivity (Wildman–Crippen MR) is 112 cm³/mol. The van der Waals surface area contributed by atoms with Crippen LogP contribution in [0.5, 0.6) is 0 Å². The fraction of sp³-hybridized carbons (Fsp3) is 0.174. The second-order valence-electron chi connectivity index (χ2n) is 6.69. The van der Waals surface area contributed by atoms with Crippen LogP contribution in [-0.2, 0) is 11.2 Å². The number of rotatable bonds is 7. The highest BCUT2D eigenvalue weighted by atomic mass is 32.1. The van der Waals surface area contributed by atoms with Gasteiger partial charge in [-0.25, -0.2) is 0 Å². The summed E-state index contributed by atoms with van der Waals surface area (Å²) in [4.78, 5) is 15.7. The maximum Gasteiger partial charge on any atom is 0.220 e. The molecule has 0 saturated heterocycles. The highest BCUT2D eigenvalue weighted by Crippen LogP contribution is 2.30. The molecule has 0 fully saturated rings. The zero-order valence-electron chi connectivity index (χ0n) is 15.0. The van der Waals surface area contributed by atoms with E-state index >= 15 is 0 Å². The first-order chi connectivity index (χ1) is 13.3. The van der Waals surface area contributed by atoms with Gasteiger partial charge < -0.3 is 10.3 Å². The Labute approximate surface area is 163 Å². The summed E-state index contributed by atoms with van der Waals surface area (Å²) in [6.07, 6.45) is 3.38. The lowest BCUT2D eigenvalue weighted by molar-refractivity contribution is -0.121. The Balaban J connectivity index is 1.51. The minimum Gasteiger partial charge on any atom is -0.361 e. The van der Waals surface area contributed by atoms with E-state index in [-0.39, 0.29) is 11.8 Å². The molecule has 27 heavy (non-hydrogen) atoms. The van der Waals surface area contributed by atoms with Gasteiger partial charge in [-0.1, -0.05) is 48.5 Å². The number of para-hydroxylation sites is 1. The molecule has 0 bridgehead atoms. The number of amides is 1. The van der Waals surface area contributed by atoms with Crippen molar-refractivity contribution in [2.24, 2.45) is 0 Å². The lowest BCUT2D eigenvalue weighted by atomic mass is 9.91. The third kappa shape index (κ3) is 4.12. The van der Waals surface area contributed by atoms with Crippen LogP contribution in [0.4, 0.5) is 0 Å². The van der Waals surface area contributed by atoms with E-state index in [0.29, 0.717) is 13.0 Å². The fourth-order valence-electron chi connectivity index (χ4n) is 3.47. The summed E-state index contributed by atoms with van der Waals surface area (Å²) in [6.45, 7) is 0.592. The van der Waals surface area contributed by atoms with Gasteiger partial charge in [0.25, 0.3) is 0 Å². The SMILES string of the molecule is O=C(CCc1ccsc1)NCC(c1ccccc1)c1c[nH]c2ccccc12. The number of aromatic nitrogens is 1. The predicted octanol–water partition coefficient (Wildman–Crippen LogP) is 5.11. The molecule has 1 unspecified atom stereocenters. The van der Waals surface area contributed by atoms with Gasteiger partial charge in [-0.2, -0.15) is 11.3 Å². The Hall–Kier alpha value is -2.85. The molecule has 1 atom stereocenters. The lowest BCUT2D eigenvalue weighted by Crippen LogP contribution is -2.29. The molecule has 3 nitrogen and oxygen atoms in total. The Morgan fingerprint density at radius 2 is 1.85 bits per heavy atom. The first-order valence-electron chi connectivity index (χ1n) is 9.20. The zero-order chi connectivity index (χ0) is 18.5. The van der Waals surface area contributed by atoms with E-state index in [1.807, 2.05) is 12.1 Å². The Kier molecular flexibility index (Phi) is 5.35. The summed E-state index contributed by atoms with van der Waals surface area (Å²) >= 11 is 1.67. The quantitative estimate of drug-likeness (QED) is 0.464. The number of fused-ring (bicyclic) bond motifs is 1. The van der Waals surface area contributed by atoms with Crippen molar-refractivity contribution in [3.05, 3.63) is 94.3 Å². The first-order valence-corrected chi connectivity index (χ1v) is 10.1. The van der Waals surface area contributed by atoms with E-state index in [1.165, 1.54) is 22.1 Å². The maximum atomic E-state index is 12.4. The van der Waals surface area contributed by atoms with Gasteiger partial charge in [0.05, 0.1) is 0 Å². The molecule has 0 aliphatic heterocycles. The lowest BCUT2D eigenvalue weighted by Gasteiger charge is -2.18. The number of hydrogen-bond donors (Lipinski definition) is 2. The number of nitrogens with one attached hydrogen (secondary N) is 2. The Morgan fingerprint density at radius 3 is 2.67 bits per heavy atom. The number of hydrogen-bond acceptors (Lipinski definition) is 2. The maximum absolute atomic E-state index is 12.4. The van der Waals surface area contributed by atoms with E-state index in [1.54, 1.807) is 11.3 Å². The third-order valence-corrected chi connectivity index (χ3v) is 5.65. The van der Waals surface area contributed by atoms with E-state index in [9.17, 15) is 4.79 Å². The monoisotopic (exact) mass is 374 g/mol. The number of carbonyl (C=O) groups excluding carboxylic acids is 1. The van der Waals surface area contributed by atoms with Crippen molar-refractivity contribution in [2.45, 2.75) is 18.8 Å². The summed E-state index contributed by atoms with van der Waals surface area (Å²) in [5.74, 6) is 0.217. The van der Waals surface area contributed by atoms with Crippen LogP contribution in [0, 0.1) is 0 Å². The third-order valence-electron chi connectivity index (χ3n) is 4.92. The first kappa shape index (κ1) is 17.6. The fourth-order valence-corrected chi connectivity index (χ4v) is 4.18. The minimum absolute atomic E-state index is 0.0990. The van der Waals surface area contributed by atoms with Gasteiger partial charge in [-0.3, -0.25) is 4.79 Å². The zero-order valence-corrected chi connectivity index (χ0v) is 15.8. The molecule has 0 spiro atoms. The highest BCUT2D eigenvalue weighted by Gasteiger charge is 2.18. The summed E-state index contributed by atoms with van der Waals surface area (Å²) in [7, 11) is 0. The molecule has 0 aliphatic rings. The molecule has 2 aromatic carbocycles. The summed E-state index contributed by atoms with van der Waals surface area (Å²) in [5.41, 5.74) is 4.78. The summed E-state index contributed by atoms with van der Waals surface area (Å²) < 4.78 is 0. The van der Waals surface area contributed by atoms with Crippen LogP contribution in [0.15, 0.2) is 77.6 Å². The normalized spacial score (nSPS) is 12.1. The molecule has 2 N–H and O–H groups in total. The smallest absolute Gasteiger partial charge is 0.220 e. The van der Waals surface area contributed by atoms with Crippen molar-refractivity contribution in [3.63, 3.8) is 0 Å². The average molecular weight is 375 g/mol. The van der Waals surface area contributed by atoms with E-state index in [0.717, 1.165) is 11.9 Å². The standard InChI is InChI=1S/C23H22N2OS/c26-23(11-10-17-12-13-27-16-17)25-14-20(18-6-2-1-3-7-18)21-15-24-22-9-5-4-8-19(21)22/h1-9,12-13,15-16,20,24H,10-11,14H2,(H,25,26). The average Bonchev–Trinajstić information content (AvgIpc) is 3.38. The highest BCUT2D eigenvalue weighted by molar-refractivity contribution is 7.07. The molecule has 0 aliphatic carbocycles. The van der Waals surface area contributed by atoms with E-state index in [4.69, 9.17) is 0 Å². The Bertz CT molecular complexity index is 1010. The van der Waals surface area contributed by atoms with Crippen molar-refractivity contribution < 1.29 is 4.79 Å². The van der Waals surface area contributed by atoms with Crippen molar-refractivity contribution in [1.29, 1.82) is 0 Å². The number of H-pyrrole nitrogens is 1. The second kappa shape index (κ2) is 8.23. The van der Waals surface area contributed by atoms with Gasteiger partial charge >= 0.3 is 0 Å². The van der Waals surface area contributed by atoms with Crippen molar-refractivity contribution in [3.8, 4) is 0 Å². The molecule has 4 rings (SSSR count). The van der Waals surface area contributed by atoms with Gasteiger partial charge in [-0.05, 0) is 46.0 Å². The molecule has 2 aromatic heterocycles. The summed E-state index contributed by atoms with van der Waals surface area (Å²) in [5, 5.41) is 8.51. The number of aryl methyl sites for hydroxylation is 1. The van der Waals surface area contributed by atoms with Crippen LogP contribution in [0.25, 0.3) is 10.9 Å². The Morgan fingerprint density at radius 1 is 1.04 bits per heavy atom. The van der Waals surface area contributed by atoms with Crippen LogP contribution >= 0.6 is 11.3 Å². The minimum atomic E-state index is 0.0990. The molecule has 4 heteroatoms. The number of thiophene rings is 1. The van der Waals surface area contributed by atoms with Crippen LogP contribution in [-0.4, -0.2) is 17.4 Å². The van der Waals surface area contributed by atoms with Crippen LogP contribution in [0.1, 0.15) is 29.0 Å². The molecule has 136 valence electrons. The van der Waals surface area contributed by atoms with Gasteiger partial charge in [0.15, 0.2) is 0 Å². The van der Waals surface area contributed by atoms with Gasteiger partial charge in [-0.15, -0.1) is 0 Å². The largest absolute Gasteiger partial charge is 0.361 e. The molecule has 2 heterocycles. The second-order valence-corrected chi connectivity index (χ2v) is 7.47. The molecule has 0 radical (unpaired) electrons. The van der Waals surface area contributed by atoms with Gasteiger partial charge in [0.2, 0.25) is 5.91 Å². The number of aromatic amines is 1. The topological polar surface area (TPSA) is 44.9 Å². The number of carbonyl (C=O) groups is 1. The van der Waals surface area contributed by atoms with E-state index in [2.05, 4.69) is 75.8 Å². The van der Waals surface area contributed by atoms with Crippen LogP contribution < -0.4 is 5.32 Å². The van der Waals surface area contributed by atoms with Crippen molar-refractivity contribution in [1.82, 2.24) is 10.3 Å². The van der Waals surface area contributed by atoms with Crippen LogP contribution in [0.3, 0.4) is 0 Å². The summed E-state index contributed by atoms with van der Waals surface area (Å²) in [6, 6.07) is 20.8. The van der Waals surface area contributed by atoms with Gasteiger partial charge in [0.1, 0.15) is 0 Å². The molecular formula is C23H22N2OS. The molecule has 0 saturated carbocycles.